The minimum atomic E-state index is -0.541. The quantitative estimate of drug-likeness (QED) is 0.727. The first-order valence-electron chi connectivity index (χ1n) is 11.0. The first-order valence-corrected chi connectivity index (χ1v) is 11.0. The van der Waals surface area contributed by atoms with Gasteiger partial charge in [0, 0.05) is 38.3 Å². The minimum absolute atomic E-state index is 0.0545. The lowest BCUT2D eigenvalue weighted by Gasteiger charge is -2.41. The summed E-state index contributed by atoms with van der Waals surface area (Å²) in [6, 6.07) is 4.51. The maximum absolute atomic E-state index is 14.5. The summed E-state index contributed by atoms with van der Waals surface area (Å²) < 4.78 is 25.2. The zero-order valence-corrected chi connectivity index (χ0v) is 19.0. The van der Waals surface area contributed by atoms with Crippen LogP contribution < -0.4 is 4.74 Å². The Morgan fingerprint density at radius 1 is 1.06 bits per heavy atom. The highest BCUT2D eigenvalue weighted by Gasteiger charge is 2.35. The molecule has 3 rings (SSSR count). The smallest absolute Gasteiger partial charge is 0.410 e. The summed E-state index contributed by atoms with van der Waals surface area (Å²) in [6.45, 7) is 8.46. The second-order valence-electron chi connectivity index (χ2n) is 9.20. The zero-order chi connectivity index (χ0) is 22.6. The number of likely N-dealkylation sites (tertiary alicyclic amines) is 1. The van der Waals surface area contributed by atoms with Gasteiger partial charge in [0.25, 0.3) is 0 Å². The van der Waals surface area contributed by atoms with Crippen molar-refractivity contribution in [3.05, 3.63) is 29.6 Å². The van der Waals surface area contributed by atoms with Gasteiger partial charge in [0.2, 0.25) is 5.91 Å². The fourth-order valence-corrected chi connectivity index (χ4v) is 4.19. The van der Waals surface area contributed by atoms with Gasteiger partial charge in [-0.2, -0.15) is 0 Å². The van der Waals surface area contributed by atoms with Crippen LogP contribution in [-0.2, 0) is 16.1 Å². The van der Waals surface area contributed by atoms with Crippen molar-refractivity contribution in [2.45, 2.75) is 58.2 Å². The van der Waals surface area contributed by atoms with Crippen molar-refractivity contribution < 1.29 is 23.5 Å². The van der Waals surface area contributed by atoms with Gasteiger partial charge in [-0.15, -0.1) is 0 Å². The molecule has 1 aromatic rings. The summed E-state index contributed by atoms with van der Waals surface area (Å²) >= 11 is 0. The standard InChI is InChI=1S/C23H34FN3O4/c1-23(2,3)31-22(29)26-14-12-25(13-15-26)21(28)19-9-5-6-11-27(19)16-17-18(24)8-7-10-20(17)30-4/h7-8,10,19H,5-6,9,11-16H2,1-4H3. The maximum atomic E-state index is 14.5. The number of amides is 2. The van der Waals surface area contributed by atoms with E-state index in [0.29, 0.717) is 44.0 Å². The van der Waals surface area contributed by atoms with Gasteiger partial charge >= 0.3 is 6.09 Å². The van der Waals surface area contributed by atoms with Gasteiger partial charge in [-0.25, -0.2) is 9.18 Å². The summed E-state index contributed by atoms with van der Waals surface area (Å²) in [4.78, 5) is 31.1. The van der Waals surface area contributed by atoms with Gasteiger partial charge in [0.15, 0.2) is 0 Å². The number of piperidine rings is 1. The average molecular weight is 436 g/mol. The van der Waals surface area contributed by atoms with Crippen molar-refractivity contribution in [3.8, 4) is 5.75 Å². The topological polar surface area (TPSA) is 62.3 Å². The second kappa shape index (κ2) is 9.85. The number of hydrogen-bond acceptors (Lipinski definition) is 5. The van der Waals surface area contributed by atoms with Gasteiger partial charge in [0.05, 0.1) is 13.2 Å². The number of rotatable bonds is 4. The molecule has 2 heterocycles. The van der Waals surface area contributed by atoms with Crippen LogP contribution in [0.5, 0.6) is 5.75 Å². The van der Waals surface area contributed by atoms with Crippen molar-refractivity contribution >= 4 is 12.0 Å². The zero-order valence-electron chi connectivity index (χ0n) is 19.0. The number of ether oxygens (including phenoxy) is 2. The first kappa shape index (κ1) is 23.3. The Kier molecular flexibility index (Phi) is 7.41. The normalized spacial score (nSPS) is 20.5. The summed E-state index contributed by atoms with van der Waals surface area (Å²) in [6.07, 6.45) is 2.36. The van der Waals surface area contributed by atoms with Gasteiger partial charge in [-0.3, -0.25) is 9.69 Å². The van der Waals surface area contributed by atoms with Gasteiger partial charge in [0.1, 0.15) is 17.2 Å². The molecule has 2 fully saturated rings. The van der Waals surface area contributed by atoms with Crippen LogP contribution in [0.2, 0.25) is 0 Å². The van der Waals surface area contributed by atoms with Crippen molar-refractivity contribution in [1.82, 2.24) is 14.7 Å². The molecule has 2 aliphatic heterocycles. The molecule has 0 aliphatic carbocycles. The van der Waals surface area contributed by atoms with E-state index in [4.69, 9.17) is 9.47 Å². The van der Waals surface area contributed by atoms with E-state index in [-0.39, 0.29) is 23.9 Å². The number of piperazine rings is 1. The van der Waals surface area contributed by atoms with Crippen LogP contribution in [0.4, 0.5) is 9.18 Å². The SMILES string of the molecule is COc1cccc(F)c1CN1CCCCC1C(=O)N1CCN(C(=O)OC(C)(C)C)CC1. The molecular weight excluding hydrogens is 401 g/mol. The van der Waals surface area contributed by atoms with Crippen LogP contribution in [0.1, 0.15) is 45.6 Å². The number of carbonyl (C=O) groups excluding carboxylic acids is 2. The number of halogens is 1. The van der Waals surface area contributed by atoms with E-state index in [2.05, 4.69) is 4.90 Å². The molecule has 172 valence electrons. The number of hydrogen-bond donors (Lipinski definition) is 0. The largest absolute Gasteiger partial charge is 0.496 e. The average Bonchev–Trinajstić information content (AvgIpc) is 2.74. The molecule has 0 aromatic heterocycles. The van der Waals surface area contributed by atoms with Crippen LogP contribution >= 0.6 is 0 Å². The van der Waals surface area contributed by atoms with Crippen molar-refractivity contribution in [2.75, 3.05) is 39.8 Å². The van der Waals surface area contributed by atoms with E-state index in [9.17, 15) is 14.0 Å². The summed E-state index contributed by atoms with van der Waals surface area (Å²) in [5.74, 6) is 0.240. The molecule has 1 aromatic carbocycles. The Balaban J connectivity index is 1.63. The highest BCUT2D eigenvalue weighted by molar-refractivity contribution is 5.82. The molecule has 1 atom stereocenters. The Labute approximate surface area is 184 Å². The molecule has 8 heteroatoms. The Morgan fingerprint density at radius 3 is 2.39 bits per heavy atom. The molecule has 2 saturated heterocycles. The number of methoxy groups -OCH3 is 1. The molecule has 2 aliphatic rings. The summed E-state index contributed by atoms with van der Waals surface area (Å²) in [5.41, 5.74) is -0.0557. The minimum Gasteiger partial charge on any atom is -0.496 e. The van der Waals surface area contributed by atoms with Gasteiger partial charge in [-0.05, 0) is 52.3 Å². The molecule has 0 spiro atoms. The lowest BCUT2D eigenvalue weighted by Crippen LogP contribution is -2.57. The molecule has 0 radical (unpaired) electrons. The molecule has 7 nitrogen and oxygen atoms in total. The third-order valence-corrected chi connectivity index (χ3v) is 5.80. The molecular formula is C23H34FN3O4. The monoisotopic (exact) mass is 435 g/mol. The molecule has 0 N–H and O–H groups in total. The van der Waals surface area contributed by atoms with E-state index < -0.39 is 5.60 Å². The van der Waals surface area contributed by atoms with E-state index in [1.165, 1.54) is 13.2 Å². The van der Waals surface area contributed by atoms with Crippen molar-refractivity contribution in [1.29, 1.82) is 0 Å². The molecule has 1 unspecified atom stereocenters. The highest BCUT2D eigenvalue weighted by Crippen LogP contribution is 2.27. The van der Waals surface area contributed by atoms with Crippen LogP contribution in [0.15, 0.2) is 18.2 Å². The fraction of sp³-hybridized carbons (Fsp3) is 0.652. The highest BCUT2D eigenvalue weighted by atomic mass is 19.1. The second-order valence-corrected chi connectivity index (χ2v) is 9.20. The lowest BCUT2D eigenvalue weighted by atomic mass is 9.99. The molecule has 2 amide bonds. The molecule has 0 saturated carbocycles. The van der Waals surface area contributed by atoms with Crippen molar-refractivity contribution in [2.24, 2.45) is 0 Å². The predicted octanol–water partition coefficient (Wildman–Crippen LogP) is 3.27. The van der Waals surface area contributed by atoms with Gasteiger partial charge < -0.3 is 19.3 Å². The molecule has 0 bridgehead atoms. The van der Waals surface area contributed by atoms with Crippen LogP contribution in [0.25, 0.3) is 0 Å². The number of benzene rings is 1. The number of carbonyl (C=O) groups is 2. The predicted molar refractivity (Wildman–Crippen MR) is 115 cm³/mol. The van der Waals surface area contributed by atoms with Crippen LogP contribution in [-0.4, -0.2) is 78.2 Å². The Hall–Kier alpha value is -2.35. The summed E-state index contributed by atoms with van der Waals surface area (Å²) in [7, 11) is 1.53. The Morgan fingerprint density at radius 2 is 1.74 bits per heavy atom. The number of nitrogens with zero attached hydrogens (tertiary/aromatic N) is 3. The van der Waals surface area contributed by atoms with Gasteiger partial charge in [-0.1, -0.05) is 12.5 Å². The van der Waals surface area contributed by atoms with E-state index in [0.717, 1.165) is 25.8 Å². The third-order valence-electron chi connectivity index (χ3n) is 5.80. The van der Waals surface area contributed by atoms with Crippen LogP contribution in [0.3, 0.4) is 0 Å². The molecule has 31 heavy (non-hydrogen) atoms. The van der Waals surface area contributed by atoms with E-state index in [1.807, 2.05) is 25.7 Å². The Bertz CT molecular complexity index is 788. The first-order chi connectivity index (χ1) is 14.7. The maximum Gasteiger partial charge on any atom is 0.410 e. The third kappa shape index (κ3) is 5.87. The fourth-order valence-electron chi connectivity index (χ4n) is 4.19. The summed E-state index contributed by atoms with van der Waals surface area (Å²) in [5, 5.41) is 0. The van der Waals surface area contributed by atoms with E-state index in [1.54, 1.807) is 17.0 Å². The van der Waals surface area contributed by atoms with Crippen LogP contribution in [0, 0.1) is 5.82 Å². The van der Waals surface area contributed by atoms with E-state index >= 15 is 0 Å². The van der Waals surface area contributed by atoms with Crippen molar-refractivity contribution in [3.63, 3.8) is 0 Å². The lowest BCUT2D eigenvalue weighted by molar-refractivity contribution is -0.140.